The van der Waals surface area contributed by atoms with Gasteiger partial charge < -0.3 is 5.73 Å². The van der Waals surface area contributed by atoms with Crippen LogP contribution in [0.3, 0.4) is 0 Å². The van der Waals surface area contributed by atoms with Gasteiger partial charge >= 0.3 is 0 Å². The van der Waals surface area contributed by atoms with Crippen molar-refractivity contribution in [2.24, 2.45) is 11.7 Å². The Morgan fingerprint density at radius 2 is 1.95 bits per heavy atom. The van der Waals surface area contributed by atoms with Crippen LogP contribution in [0.1, 0.15) is 45.2 Å². The van der Waals surface area contributed by atoms with Crippen LogP contribution >= 0.6 is 0 Å². The number of aromatic nitrogens is 2. The normalized spacial score (nSPS) is 21.8. The summed E-state index contributed by atoms with van der Waals surface area (Å²) in [6.45, 7) is 5.46. The monoisotopic (exact) mass is 271 g/mol. The van der Waals surface area contributed by atoms with Crippen molar-refractivity contribution in [2.45, 2.75) is 57.4 Å². The molecule has 1 saturated carbocycles. The zero-order chi connectivity index (χ0) is 14.1. The molecular weight excluding hydrogens is 248 g/mol. The van der Waals surface area contributed by atoms with E-state index in [0.717, 1.165) is 12.2 Å². The van der Waals surface area contributed by atoms with Crippen LogP contribution in [0.15, 0.2) is 12.3 Å². The van der Waals surface area contributed by atoms with Crippen molar-refractivity contribution in [3.05, 3.63) is 18.0 Å². The molecule has 1 aliphatic rings. The van der Waals surface area contributed by atoms with Crippen molar-refractivity contribution in [2.75, 3.05) is 6.54 Å². The number of hydrogen-bond acceptors (Lipinski definition) is 2. The van der Waals surface area contributed by atoms with Gasteiger partial charge in [0.1, 0.15) is 0 Å². The summed E-state index contributed by atoms with van der Waals surface area (Å²) in [6, 6.07) is 1.94. The van der Waals surface area contributed by atoms with Crippen molar-refractivity contribution >= 4 is 0 Å². The van der Waals surface area contributed by atoms with Crippen LogP contribution in [0.2, 0.25) is 0 Å². The predicted octanol–water partition coefficient (Wildman–Crippen LogP) is 2.94. The Morgan fingerprint density at radius 1 is 1.32 bits per heavy atom. The van der Waals surface area contributed by atoms with Crippen LogP contribution in [0.25, 0.3) is 0 Å². The fourth-order valence-electron chi connectivity index (χ4n) is 2.93. The van der Waals surface area contributed by atoms with Gasteiger partial charge in [0, 0.05) is 43.2 Å². The average molecular weight is 271 g/mol. The maximum absolute atomic E-state index is 13.4. The van der Waals surface area contributed by atoms with Crippen molar-refractivity contribution < 1.29 is 8.78 Å². The third-order valence-corrected chi connectivity index (χ3v) is 4.13. The van der Waals surface area contributed by atoms with Gasteiger partial charge in [-0.05, 0) is 24.8 Å². The summed E-state index contributed by atoms with van der Waals surface area (Å²) >= 11 is 0. The summed E-state index contributed by atoms with van der Waals surface area (Å²) in [5.74, 6) is -2.06. The maximum Gasteiger partial charge on any atom is 0.248 e. The van der Waals surface area contributed by atoms with E-state index in [1.54, 1.807) is 6.20 Å². The third-order valence-electron chi connectivity index (χ3n) is 4.13. The van der Waals surface area contributed by atoms with E-state index in [2.05, 4.69) is 18.9 Å². The number of rotatable bonds is 4. The minimum atomic E-state index is -2.53. The van der Waals surface area contributed by atoms with E-state index in [-0.39, 0.29) is 18.3 Å². The van der Waals surface area contributed by atoms with Gasteiger partial charge in [-0.3, -0.25) is 4.68 Å². The molecule has 1 heterocycles. The van der Waals surface area contributed by atoms with E-state index in [1.807, 2.05) is 10.7 Å². The molecule has 0 atom stereocenters. The Morgan fingerprint density at radius 3 is 2.47 bits per heavy atom. The molecule has 0 radical (unpaired) electrons. The van der Waals surface area contributed by atoms with Crippen LogP contribution in [0.4, 0.5) is 8.78 Å². The van der Waals surface area contributed by atoms with Gasteiger partial charge in [-0.15, -0.1) is 0 Å². The second kappa shape index (κ2) is 5.19. The second-order valence-electron chi connectivity index (χ2n) is 6.13. The Hall–Kier alpha value is -0.970. The molecule has 0 aliphatic heterocycles. The molecule has 1 aromatic heterocycles. The number of hydrogen-bond donors (Lipinski definition) is 1. The lowest BCUT2D eigenvalue weighted by Crippen LogP contribution is -2.43. The minimum Gasteiger partial charge on any atom is -0.330 e. The standard InChI is InChI=1S/C14H23F2N3/c1-11(2)9-19-12(3-8-18-19)13(10-17)4-6-14(15,16)7-5-13/h3,8,11H,4-7,9-10,17H2,1-2H3. The molecule has 2 rings (SSSR count). The molecule has 0 unspecified atom stereocenters. The fourth-order valence-corrected chi connectivity index (χ4v) is 2.93. The zero-order valence-electron chi connectivity index (χ0n) is 11.7. The molecule has 108 valence electrons. The van der Waals surface area contributed by atoms with Crippen LogP contribution in [0, 0.1) is 5.92 Å². The van der Waals surface area contributed by atoms with Crippen molar-refractivity contribution in [3.8, 4) is 0 Å². The van der Waals surface area contributed by atoms with Crippen LogP contribution < -0.4 is 5.73 Å². The second-order valence-corrected chi connectivity index (χ2v) is 6.13. The summed E-state index contributed by atoms with van der Waals surface area (Å²) in [6.07, 6.45) is 2.50. The van der Waals surface area contributed by atoms with Crippen LogP contribution in [-0.4, -0.2) is 22.2 Å². The topological polar surface area (TPSA) is 43.8 Å². The van der Waals surface area contributed by atoms with E-state index >= 15 is 0 Å². The third kappa shape index (κ3) is 2.96. The summed E-state index contributed by atoms with van der Waals surface area (Å²) in [5.41, 5.74) is 6.63. The lowest BCUT2D eigenvalue weighted by molar-refractivity contribution is -0.0519. The van der Waals surface area contributed by atoms with Crippen molar-refractivity contribution in [1.29, 1.82) is 0 Å². The smallest absolute Gasteiger partial charge is 0.248 e. The molecule has 1 aliphatic carbocycles. The van der Waals surface area contributed by atoms with Crippen molar-refractivity contribution in [1.82, 2.24) is 9.78 Å². The highest BCUT2D eigenvalue weighted by Gasteiger charge is 2.45. The summed E-state index contributed by atoms with van der Waals surface area (Å²) in [7, 11) is 0. The average Bonchev–Trinajstić information content (AvgIpc) is 2.78. The molecule has 1 aromatic rings. The number of alkyl halides is 2. The SMILES string of the molecule is CC(C)Cn1nccc1C1(CN)CCC(F)(F)CC1. The highest BCUT2D eigenvalue weighted by molar-refractivity contribution is 5.19. The summed E-state index contributed by atoms with van der Waals surface area (Å²) < 4.78 is 28.7. The first kappa shape index (κ1) is 14.4. The van der Waals surface area contributed by atoms with Crippen LogP contribution in [-0.2, 0) is 12.0 Å². The first-order valence-electron chi connectivity index (χ1n) is 6.99. The van der Waals surface area contributed by atoms with Gasteiger partial charge in [-0.2, -0.15) is 5.10 Å². The quantitative estimate of drug-likeness (QED) is 0.915. The van der Waals surface area contributed by atoms with E-state index in [1.165, 1.54) is 0 Å². The molecule has 19 heavy (non-hydrogen) atoms. The number of nitrogens with two attached hydrogens (primary N) is 1. The largest absolute Gasteiger partial charge is 0.330 e. The van der Waals surface area contributed by atoms with Gasteiger partial charge in [0.25, 0.3) is 0 Å². The highest BCUT2D eigenvalue weighted by Crippen LogP contribution is 2.44. The molecule has 0 aromatic carbocycles. The zero-order valence-corrected chi connectivity index (χ0v) is 11.7. The molecule has 0 amide bonds. The maximum atomic E-state index is 13.4. The minimum absolute atomic E-state index is 0.0724. The van der Waals surface area contributed by atoms with Crippen molar-refractivity contribution in [3.63, 3.8) is 0 Å². The molecule has 0 saturated heterocycles. The van der Waals surface area contributed by atoms with Gasteiger partial charge in [0.05, 0.1) is 0 Å². The molecule has 1 fully saturated rings. The van der Waals surface area contributed by atoms with E-state index in [9.17, 15) is 8.78 Å². The van der Waals surface area contributed by atoms with Gasteiger partial charge in [0.2, 0.25) is 5.92 Å². The molecule has 5 heteroatoms. The summed E-state index contributed by atoms with van der Waals surface area (Å²) in [4.78, 5) is 0. The Bertz CT molecular complexity index is 416. The van der Waals surface area contributed by atoms with Crippen LogP contribution in [0.5, 0.6) is 0 Å². The number of halogens is 2. The Kier molecular flexibility index (Phi) is 3.95. The van der Waals surface area contributed by atoms with Gasteiger partial charge in [-0.25, -0.2) is 8.78 Å². The first-order valence-corrected chi connectivity index (χ1v) is 6.99. The van der Waals surface area contributed by atoms with Gasteiger partial charge in [-0.1, -0.05) is 13.8 Å². The van der Waals surface area contributed by atoms with E-state index in [4.69, 9.17) is 5.73 Å². The number of nitrogens with zero attached hydrogens (tertiary/aromatic N) is 2. The first-order chi connectivity index (χ1) is 8.88. The summed E-state index contributed by atoms with van der Waals surface area (Å²) in [5, 5.41) is 4.33. The molecule has 2 N–H and O–H groups in total. The molecular formula is C14H23F2N3. The molecule has 0 spiro atoms. The van der Waals surface area contributed by atoms with Gasteiger partial charge in [0.15, 0.2) is 0 Å². The molecule has 0 bridgehead atoms. The fraction of sp³-hybridized carbons (Fsp3) is 0.786. The highest BCUT2D eigenvalue weighted by atomic mass is 19.3. The van der Waals surface area contributed by atoms with E-state index < -0.39 is 5.92 Å². The Balaban J connectivity index is 2.25. The lowest BCUT2D eigenvalue weighted by atomic mass is 9.70. The lowest BCUT2D eigenvalue weighted by Gasteiger charge is -2.39. The Labute approximate surface area is 113 Å². The predicted molar refractivity (Wildman–Crippen MR) is 71.2 cm³/mol. The molecule has 3 nitrogen and oxygen atoms in total. The van der Waals surface area contributed by atoms with E-state index in [0.29, 0.717) is 25.3 Å².